The van der Waals surface area contributed by atoms with Crippen molar-refractivity contribution in [3.63, 3.8) is 0 Å². The Balaban J connectivity index is 1.93. The van der Waals surface area contributed by atoms with Gasteiger partial charge in [0.25, 0.3) is 5.69 Å². The predicted octanol–water partition coefficient (Wildman–Crippen LogP) is 3.95. The van der Waals surface area contributed by atoms with Crippen molar-refractivity contribution < 1.29 is 9.34 Å². The Labute approximate surface area is 150 Å². The van der Waals surface area contributed by atoms with Gasteiger partial charge < -0.3 is 4.42 Å². The first kappa shape index (κ1) is 17.8. The van der Waals surface area contributed by atoms with Gasteiger partial charge in [-0.3, -0.25) is 15.0 Å². The maximum Gasteiger partial charge on any atom is 0.336 e. The first-order chi connectivity index (χ1) is 12.3. The molecule has 0 bridgehead atoms. The molecule has 0 atom stereocenters. The molecule has 0 amide bonds. The van der Waals surface area contributed by atoms with Gasteiger partial charge in [-0.15, -0.1) is 0 Å². The number of benzene rings is 2. The minimum absolute atomic E-state index is 0.100. The minimum atomic E-state index is -0.394. The van der Waals surface area contributed by atoms with Crippen molar-refractivity contribution in [1.29, 1.82) is 0 Å². The van der Waals surface area contributed by atoms with Crippen LogP contribution in [-0.4, -0.2) is 16.9 Å². The summed E-state index contributed by atoms with van der Waals surface area (Å²) in [4.78, 5) is 24.7. The van der Waals surface area contributed by atoms with E-state index in [-0.39, 0.29) is 10.6 Å². The van der Waals surface area contributed by atoms with Crippen LogP contribution < -0.4 is 5.63 Å². The third-order valence-corrected chi connectivity index (χ3v) is 4.51. The monoisotopic (exact) mass is 352 g/mol. The summed E-state index contributed by atoms with van der Waals surface area (Å²) >= 11 is 0. The Hall–Kier alpha value is -2.99. The smallest absolute Gasteiger partial charge is 0.336 e. The number of para-hydroxylation sites is 1. The van der Waals surface area contributed by atoms with Crippen molar-refractivity contribution in [2.75, 3.05) is 7.05 Å². The lowest BCUT2D eigenvalue weighted by Crippen LogP contribution is -2.19. The Morgan fingerprint density at radius 2 is 1.69 bits per heavy atom. The molecule has 0 radical (unpaired) electrons. The highest BCUT2D eigenvalue weighted by Gasteiger charge is 2.15. The lowest BCUT2D eigenvalue weighted by Gasteiger charge is -2.18. The molecule has 3 rings (SSSR count). The molecule has 134 valence electrons. The van der Waals surface area contributed by atoms with Gasteiger partial charge in [-0.2, -0.15) is 0 Å². The van der Waals surface area contributed by atoms with Crippen LogP contribution in [0.2, 0.25) is 0 Å². The van der Waals surface area contributed by atoms with Crippen molar-refractivity contribution in [2.45, 2.75) is 26.9 Å². The van der Waals surface area contributed by atoms with Crippen LogP contribution in [0.25, 0.3) is 11.0 Å². The fraction of sp³-hybridized carbons (Fsp3) is 0.250. The molecular weight excluding hydrogens is 332 g/mol. The zero-order chi connectivity index (χ0) is 18.8. The van der Waals surface area contributed by atoms with Crippen LogP contribution in [0.3, 0.4) is 0 Å². The third-order valence-electron chi connectivity index (χ3n) is 4.51. The van der Waals surface area contributed by atoms with E-state index in [0.717, 1.165) is 22.1 Å². The lowest BCUT2D eigenvalue weighted by atomic mass is 10.0. The maximum atomic E-state index is 11.9. The quantitative estimate of drug-likeness (QED) is 0.395. The van der Waals surface area contributed by atoms with Crippen LogP contribution in [0.5, 0.6) is 0 Å². The molecule has 2 aromatic carbocycles. The number of nitrogens with zero attached hydrogens (tertiary/aromatic N) is 2. The summed E-state index contributed by atoms with van der Waals surface area (Å²) in [6.45, 7) is 4.88. The highest BCUT2D eigenvalue weighted by Crippen LogP contribution is 2.24. The normalized spacial score (nSPS) is 11.2. The second kappa shape index (κ2) is 7.09. The van der Waals surface area contributed by atoms with Crippen molar-refractivity contribution in [1.82, 2.24) is 4.90 Å². The first-order valence-corrected chi connectivity index (χ1v) is 8.30. The van der Waals surface area contributed by atoms with Gasteiger partial charge in [-0.05, 0) is 49.7 Å². The number of nitro benzene ring substituents is 1. The molecule has 6 heteroatoms. The second-order valence-corrected chi connectivity index (χ2v) is 6.58. The number of hydrogen-bond donors (Lipinski definition) is 0. The highest BCUT2D eigenvalue weighted by atomic mass is 16.6. The van der Waals surface area contributed by atoms with E-state index >= 15 is 0 Å². The molecule has 0 N–H and O–H groups in total. The van der Waals surface area contributed by atoms with Crippen LogP contribution >= 0.6 is 0 Å². The van der Waals surface area contributed by atoms with Crippen LogP contribution in [0.4, 0.5) is 5.69 Å². The van der Waals surface area contributed by atoms with Gasteiger partial charge in [-0.1, -0.05) is 18.2 Å². The van der Waals surface area contributed by atoms with E-state index in [1.807, 2.05) is 37.9 Å². The number of fused-ring (bicyclic) bond motifs is 1. The average Bonchev–Trinajstić information content (AvgIpc) is 2.57. The summed E-state index contributed by atoms with van der Waals surface area (Å²) in [6, 6.07) is 12.1. The molecule has 0 aliphatic heterocycles. The zero-order valence-corrected chi connectivity index (χ0v) is 15.0. The predicted molar refractivity (Wildman–Crippen MR) is 100 cm³/mol. The highest BCUT2D eigenvalue weighted by molar-refractivity contribution is 5.81. The molecule has 1 aromatic heterocycles. The zero-order valence-electron chi connectivity index (χ0n) is 15.0. The number of nitro groups is 1. The molecule has 0 spiro atoms. The van der Waals surface area contributed by atoms with E-state index in [2.05, 4.69) is 0 Å². The summed E-state index contributed by atoms with van der Waals surface area (Å²) in [5.74, 6) is 0. The number of rotatable bonds is 5. The SMILES string of the molecule is Cc1cc2oc(=O)cc(CN(C)Cc3ccccc3[N+](=O)[O-])c2cc1C. The van der Waals surface area contributed by atoms with Crippen LogP contribution in [0.1, 0.15) is 22.3 Å². The van der Waals surface area contributed by atoms with Crippen molar-refractivity contribution >= 4 is 16.7 Å². The summed E-state index contributed by atoms with van der Waals surface area (Å²) in [5, 5.41) is 12.1. The molecule has 0 aliphatic carbocycles. The van der Waals surface area contributed by atoms with Gasteiger partial charge in [0.1, 0.15) is 5.58 Å². The molecule has 0 saturated carbocycles. The van der Waals surface area contributed by atoms with Crippen LogP contribution in [0, 0.1) is 24.0 Å². The van der Waals surface area contributed by atoms with Gasteiger partial charge in [-0.25, -0.2) is 4.79 Å². The average molecular weight is 352 g/mol. The molecular formula is C20H20N2O4. The molecule has 0 unspecified atom stereocenters. The number of aryl methyl sites for hydroxylation is 2. The topological polar surface area (TPSA) is 76.6 Å². The number of hydrogen-bond acceptors (Lipinski definition) is 5. The summed E-state index contributed by atoms with van der Waals surface area (Å²) in [6.07, 6.45) is 0. The molecule has 3 aromatic rings. The van der Waals surface area contributed by atoms with Gasteiger partial charge in [0.2, 0.25) is 0 Å². The summed E-state index contributed by atoms with van der Waals surface area (Å²) in [7, 11) is 1.87. The first-order valence-electron chi connectivity index (χ1n) is 8.30. The van der Waals surface area contributed by atoms with Crippen molar-refractivity contribution in [3.8, 4) is 0 Å². The van der Waals surface area contributed by atoms with Crippen molar-refractivity contribution in [2.24, 2.45) is 0 Å². The molecule has 0 saturated heterocycles. The van der Waals surface area contributed by atoms with Gasteiger partial charge in [0.15, 0.2) is 0 Å². The molecule has 6 nitrogen and oxygen atoms in total. The van der Waals surface area contributed by atoms with Gasteiger partial charge in [0, 0.05) is 36.2 Å². The third kappa shape index (κ3) is 3.65. The Morgan fingerprint density at radius 1 is 1.04 bits per heavy atom. The van der Waals surface area contributed by atoms with E-state index in [9.17, 15) is 14.9 Å². The molecule has 0 aliphatic rings. The largest absolute Gasteiger partial charge is 0.423 e. The van der Waals surface area contributed by atoms with Crippen LogP contribution in [-0.2, 0) is 13.1 Å². The van der Waals surface area contributed by atoms with E-state index in [4.69, 9.17) is 4.42 Å². The summed E-state index contributed by atoms with van der Waals surface area (Å²) in [5.41, 5.74) is 3.94. The maximum absolute atomic E-state index is 11.9. The Kier molecular flexibility index (Phi) is 4.86. The second-order valence-electron chi connectivity index (χ2n) is 6.58. The summed E-state index contributed by atoms with van der Waals surface area (Å²) < 4.78 is 5.33. The van der Waals surface area contributed by atoms with Crippen molar-refractivity contribution in [3.05, 3.63) is 85.3 Å². The lowest BCUT2D eigenvalue weighted by molar-refractivity contribution is -0.385. The van der Waals surface area contributed by atoms with Crippen LogP contribution in [0.15, 0.2) is 51.7 Å². The Morgan fingerprint density at radius 3 is 2.42 bits per heavy atom. The standard InChI is InChI=1S/C20H20N2O4/c1-13-8-17-16(10-20(23)26-19(17)9-14(13)2)12-21(3)11-15-6-4-5-7-18(15)22(24)25/h4-10H,11-12H2,1-3H3. The molecule has 26 heavy (non-hydrogen) atoms. The van der Waals surface area contributed by atoms with E-state index in [0.29, 0.717) is 24.2 Å². The Bertz CT molecular complexity index is 1040. The van der Waals surface area contributed by atoms with Gasteiger partial charge >= 0.3 is 5.63 Å². The van der Waals surface area contributed by atoms with E-state index in [1.54, 1.807) is 18.2 Å². The minimum Gasteiger partial charge on any atom is -0.423 e. The van der Waals surface area contributed by atoms with Gasteiger partial charge in [0.05, 0.1) is 4.92 Å². The van der Waals surface area contributed by atoms with E-state index < -0.39 is 5.63 Å². The van der Waals surface area contributed by atoms with E-state index in [1.165, 1.54) is 12.1 Å². The fourth-order valence-electron chi connectivity index (χ4n) is 3.07. The molecule has 1 heterocycles. The fourth-order valence-corrected chi connectivity index (χ4v) is 3.07. The molecule has 0 fully saturated rings.